The molecule has 0 saturated heterocycles. The van der Waals surface area contributed by atoms with E-state index in [0.717, 1.165) is 6.42 Å². The van der Waals surface area contributed by atoms with Crippen molar-refractivity contribution >= 4 is 6.09 Å². The van der Waals surface area contributed by atoms with Crippen molar-refractivity contribution in [3.05, 3.63) is 0 Å². The zero-order chi connectivity index (χ0) is 7.82. The third-order valence-electron chi connectivity index (χ3n) is 0.851. The normalized spacial score (nSPS) is 9.00. The van der Waals surface area contributed by atoms with Gasteiger partial charge in [-0.15, -0.1) is 0 Å². The molecule has 0 heterocycles. The Kier molecular flexibility index (Phi) is 5.86. The minimum Gasteiger partial charge on any atom is -0.450 e. The van der Waals surface area contributed by atoms with Crippen molar-refractivity contribution in [2.24, 2.45) is 5.73 Å². The minimum atomic E-state index is -0.382. The van der Waals surface area contributed by atoms with E-state index in [1.54, 1.807) is 0 Å². The van der Waals surface area contributed by atoms with Gasteiger partial charge >= 0.3 is 6.09 Å². The Labute approximate surface area is 60.7 Å². The average molecular weight is 146 g/mol. The van der Waals surface area contributed by atoms with E-state index in [1.165, 1.54) is 0 Å². The summed E-state index contributed by atoms with van der Waals surface area (Å²) in [6.07, 6.45) is 0.461. The number of carbonyl (C=O) groups excluding carboxylic acids is 1. The van der Waals surface area contributed by atoms with Crippen LogP contribution in [-0.2, 0) is 4.74 Å². The van der Waals surface area contributed by atoms with Crippen molar-refractivity contribution in [3.8, 4) is 0 Å². The first-order valence-electron chi connectivity index (χ1n) is 3.42. The first-order chi connectivity index (χ1) is 4.81. The second kappa shape index (κ2) is 6.35. The van der Waals surface area contributed by atoms with Crippen LogP contribution in [0.3, 0.4) is 0 Å². The standard InChI is InChI=1S/C6H14N2O2/c1-2-5-10-6(9)8-4-3-7/h2-5,7H2,1H3,(H,8,9). The SMILES string of the molecule is CCCOC(=O)NCCN. The molecule has 0 rings (SSSR count). The molecular weight excluding hydrogens is 132 g/mol. The summed E-state index contributed by atoms with van der Waals surface area (Å²) in [7, 11) is 0. The molecule has 0 spiro atoms. The Balaban J connectivity index is 3.09. The number of hydrogen-bond acceptors (Lipinski definition) is 3. The number of alkyl carbamates (subject to hydrolysis) is 1. The van der Waals surface area contributed by atoms with Crippen LogP contribution in [0.15, 0.2) is 0 Å². The fourth-order valence-electron chi connectivity index (χ4n) is 0.420. The van der Waals surface area contributed by atoms with E-state index in [0.29, 0.717) is 19.7 Å². The summed E-state index contributed by atoms with van der Waals surface area (Å²) in [4.78, 5) is 10.6. The van der Waals surface area contributed by atoms with Gasteiger partial charge in [0.05, 0.1) is 6.61 Å². The van der Waals surface area contributed by atoms with Crippen molar-refractivity contribution in [1.29, 1.82) is 0 Å². The van der Waals surface area contributed by atoms with E-state index in [4.69, 9.17) is 5.73 Å². The molecule has 0 fully saturated rings. The summed E-state index contributed by atoms with van der Waals surface area (Å²) < 4.78 is 4.69. The molecule has 0 atom stereocenters. The topological polar surface area (TPSA) is 64.3 Å². The number of carbonyl (C=O) groups is 1. The minimum absolute atomic E-state index is 0.382. The maximum absolute atomic E-state index is 10.6. The molecule has 4 heteroatoms. The van der Waals surface area contributed by atoms with Crippen molar-refractivity contribution in [2.75, 3.05) is 19.7 Å². The predicted octanol–water partition coefficient (Wildman–Crippen LogP) is 0.0813. The van der Waals surface area contributed by atoms with Crippen LogP contribution < -0.4 is 11.1 Å². The molecule has 4 nitrogen and oxygen atoms in total. The van der Waals surface area contributed by atoms with Crippen LogP contribution in [0, 0.1) is 0 Å². The largest absolute Gasteiger partial charge is 0.450 e. The molecule has 0 aromatic carbocycles. The molecule has 60 valence electrons. The highest BCUT2D eigenvalue weighted by Gasteiger charge is 1.96. The van der Waals surface area contributed by atoms with E-state index in [2.05, 4.69) is 10.1 Å². The van der Waals surface area contributed by atoms with Crippen molar-refractivity contribution in [2.45, 2.75) is 13.3 Å². The fourth-order valence-corrected chi connectivity index (χ4v) is 0.420. The Bertz CT molecular complexity index is 85.7. The lowest BCUT2D eigenvalue weighted by Crippen LogP contribution is -2.29. The number of nitrogens with two attached hydrogens (primary N) is 1. The molecule has 0 aromatic heterocycles. The maximum atomic E-state index is 10.6. The smallest absolute Gasteiger partial charge is 0.407 e. The van der Waals surface area contributed by atoms with E-state index >= 15 is 0 Å². The van der Waals surface area contributed by atoms with Gasteiger partial charge in [0.1, 0.15) is 0 Å². The molecule has 0 aliphatic rings. The van der Waals surface area contributed by atoms with Gasteiger partial charge in [-0.2, -0.15) is 0 Å². The van der Waals surface area contributed by atoms with Gasteiger partial charge in [-0.1, -0.05) is 6.92 Å². The summed E-state index contributed by atoms with van der Waals surface area (Å²) in [6, 6.07) is 0. The van der Waals surface area contributed by atoms with Crippen molar-refractivity contribution < 1.29 is 9.53 Å². The van der Waals surface area contributed by atoms with Gasteiger partial charge in [0, 0.05) is 13.1 Å². The van der Waals surface area contributed by atoms with Gasteiger partial charge in [-0.05, 0) is 6.42 Å². The molecule has 0 bridgehead atoms. The molecule has 10 heavy (non-hydrogen) atoms. The summed E-state index contributed by atoms with van der Waals surface area (Å²) in [5, 5.41) is 2.48. The summed E-state index contributed by atoms with van der Waals surface area (Å²) >= 11 is 0. The maximum Gasteiger partial charge on any atom is 0.407 e. The highest BCUT2D eigenvalue weighted by molar-refractivity contribution is 5.66. The molecule has 0 aliphatic heterocycles. The lowest BCUT2D eigenvalue weighted by Gasteiger charge is -2.02. The van der Waals surface area contributed by atoms with Crippen LogP contribution in [0.25, 0.3) is 0 Å². The summed E-state index contributed by atoms with van der Waals surface area (Å²) in [5.41, 5.74) is 5.14. The average Bonchev–Trinajstić information content (AvgIpc) is 1.97. The Morgan fingerprint density at radius 2 is 2.40 bits per heavy atom. The highest BCUT2D eigenvalue weighted by Crippen LogP contribution is 1.80. The summed E-state index contributed by atoms with van der Waals surface area (Å²) in [5.74, 6) is 0. The lowest BCUT2D eigenvalue weighted by atomic mass is 10.5. The number of hydrogen-bond donors (Lipinski definition) is 2. The molecule has 3 N–H and O–H groups in total. The van der Waals surface area contributed by atoms with Crippen molar-refractivity contribution in [3.63, 3.8) is 0 Å². The molecule has 0 aliphatic carbocycles. The van der Waals surface area contributed by atoms with Gasteiger partial charge in [0.15, 0.2) is 0 Å². The van der Waals surface area contributed by atoms with Crippen LogP contribution in [0.1, 0.15) is 13.3 Å². The third-order valence-corrected chi connectivity index (χ3v) is 0.851. The zero-order valence-electron chi connectivity index (χ0n) is 6.22. The monoisotopic (exact) mass is 146 g/mol. The number of amides is 1. The first kappa shape index (κ1) is 9.23. The van der Waals surface area contributed by atoms with Crippen LogP contribution in [0.2, 0.25) is 0 Å². The van der Waals surface area contributed by atoms with Crippen molar-refractivity contribution in [1.82, 2.24) is 5.32 Å². The van der Waals surface area contributed by atoms with Crippen LogP contribution in [0.4, 0.5) is 4.79 Å². The zero-order valence-corrected chi connectivity index (χ0v) is 6.22. The number of ether oxygens (including phenoxy) is 1. The van der Waals surface area contributed by atoms with Gasteiger partial charge < -0.3 is 15.8 Å². The molecule has 0 radical (unpaired) electrons. The Hall–Kier alpha value is -0.770. The van der Waals surface area contributed by atoms with Crippen LogP contribution in [-0.4, -0.2) is 25.8 Å². The van der Waals surface area contributed by atoms with E-state index in [-0.39, 0.29) is 6.09 Å². The fraction of sp³-hybridized carbons (Fsp3) is 0.833. The second-order valence-electron chi connectivity index (χ2n) is 1.85. The van der Waals surface area contributed by atoms with Gasteiger partial charge in [0.25, 0.3) is 0 Å². The lowest BCUT2D eigenvalue weighted by molar-refractivity contribution is 0.146. The Morgan fingerprint density at radius 3 is 2.90 bits per heavy atom. The highest BCUT2D eigenvalue weighted by atomic mass is 16.5. The molecule has 0 aromatic rings. The molecule has 1 amide bonds. The first-order valence-corrected chi connectivity index (χ1v) is 3.42. The second-order valence-corrected chi connectivity index (χ2v) is 1.85. The van der Waals surface area contributed by atoms with Gasteiger partial charge in [-0.3, -0.25) is 0 Å². The van der Waals surface area contributed by atoms with Gasteiger partial charge in [-0.25, -0.2) is 4.79 Å². The Morgan fingerprint density at radius 1 is 1.70 bits per heavy atom. The van der Waals surface area contributed by atoms with E-state index in [9.17, 15) is 4.79 Å². The quantitative estimate of drug-likeness (QED) is 0.590. The molecule has 0 saturated carbocycles. The predicted molar refractivity (Wildman–Crippen MR) is 38.7 cm³/mol. The van der Waals surface area contributed by atoms with Gasteiger partial charge in [0.2, 0.25) is 0 Å². The van der Waals surface area contributed by atoms with Crippen LogP contribution >= 0.6 is 0 Å². The van der Waals surface area contributed by atoms with Crippen LogP contribution in [0.5, 0.6) is 0 Å². The molecular formula is C6H14N2O2. The number of rotatable bonds is 4. The number of nitrogens with one attached hydrogen (secondary N) is 1. The van der Waals surface area contributed by atoms with E-state index < -0.39 is 0 Å². The summed E-state index contributed by atoms with van der Waals surface area (Å²) in [6.45, 7) is 3.33. The third kappa shape index (κ3) is 5.37. The molecule has 0 unspecified atom stereocenters. The van der Waals surface area contributed by atoms with E-state index in [1.807, 2.05) is 6.92 Å².